The molecule has 1 aliphatic rings. The minimum atomic E-state index is -1.02. The number of hydrogen-bond donors (Lipinski definition) is 2. The monoisotopic (exact) mass is 531 g/mol. The van der Waals surface area contributed by atoms with Gasteiger partial charge in [0, 0.05) is 46.4 Å². The normalized spacial score (nSPS) is 16.8. The number of nitrogens with one attached hydrogen (secondary N) is 1. The summed E-state index contributed by atoms with van der Waals surface area (Å²) in [5.74, 6) is -1.36. The van der Waals surface area contributed by atoms with Gasteiger partial charge in [-0.05, 0) is 60.0 Å². The molecule has 38 heavy (non-hydrogen) atoms. The third kappa shape index (κ3) is 4.48. The first kappa shape index (κ1) is 25.0. The van der Waals surface area contributed by atoms with Crippen molar-refractivity contribution in [1.29, 1.82) is 0 Å². The van der Waals surface area contributed by atoms with Gasteiger partial charge in [0.25, 0.3) is 17.4 Å². The first-order valence-electron chi connectivity index (χ1n) is 11.7. The zero-order chi connectivity index (χ0) is 27.0. The Morgan fingerprint density at radius 3 is 2.61 bits per heavy atom. The van der Waals surface area contributed by atoms with E-state index in [1.54, 1.807) is 25.3 Å². The number of fused-ring (bicyclic) bond motifs is 1. The van der Waals surface area contributed by atoms with E-state index in [-0.39, 0.29) is 23.6 Å². The van der Waals surface area contributed by atoms with Crippen molar-refractivity contribution in [3.05, 3.63) is 110 Å². The van der Waals surface area contributed by atoms with E-state index in [9.17, 15) is 24.8 Å². The molecule has 192 valence electrons. The number of carbonyl (C=O) groups is 2. The van der Waals surface area contributed by atoms with Crippen LogP contribution < -0.4 is 4.74 Å². The van der Waals surface area contributed by atoms with Crippen molar-refractivity contribution >= 4 is 45.6 Å². The molecule has 1 fully saturated rings. The maximum Gasteiger partial charge on any atom is 0.295 e. The van der Waals surface area contributed by atoms with Crippen LogP contribution in [0.2, 0.25) is 5.02 Å². The number of likely N-dealkylation sites (tertiary alicyclic amines) is 1. The van der Waals surface area contributed by atoms with Crippen molar-refractivity contribution in [1.82, 2.24) is 9.88 Å². The average molecular weight is 532 g/mol. The molecular formula is C28H22ClN3O6. The molecule has 0 bridgehead atoms. The van der Waals surface area contributed by atoms with Crippen molar-refractivity contribution < 1.29 is 24.4 Å². The fourth-order valence-corrected chi connectivity index (χ4v) is 4.89. The number of halogens is 1. The first-order chi connectivity index (χ1) is 18.3. The van der Waals surface area contributed by atoms with Crippen molar-refractivity contribution in [3.63, 3.8) is 0 Å². The minimum Gasteiger partial charge on any atom is -0.507 e. The number of aromatic amines is 1. The Labute approximate surface area is 222 Å². The number of aromatic nitrogens is 1. The Hall–Kier alpha value is -4.63. The van der Waals surface area contributed by atoms with Crippen LogP contribution in [0.3, 0.4) is 0 Å². The van der Waals surface area contributed by atoms with Crippen LogP contribution in [-0.2, 0) is 16.0 Å². The molecule has 1 amide bonds. The Balaban J connectivity index is 1.58. The van der Waals surface area contributed by atoms with Gasteiger partial charge in [-0.15, -0.1) is 0 Å². The third-order valence-electron chi connectivity index (χ3n) is 6.65. The molecule has 1 atom stereocenters. The number of ketones is 1. The quantitative estimate of drug-likeness (QED) is 0.108. The maximum absolute atomic E-state index is 13.3. The second-order valence-electron chi connectivity index (χ2n) is 8.83. The van der Waals surface area contributed by atoms with Crippen LogP contribution in [0, 0.1) is 10.1 Å². The molecule has 1 unspecified atom stereocenters. The molecule has 1 saturated heterocycles. The number of nitrogens with zero attached hydrogens (tertiary/aromatic N) is 2. The number of nitro groups is 1. The summed E-state index contributed by atoms with van der Waals surface area (Å²) in [7, 11) is 1.58. The first-order valence-corrected chi connectivity index (χ1v) is 12.1. The molecule has 0 saturated carbocycles. The number of ether oxygens (including phenoxy) is 1. The van der Waals surface area contributed by atoms with Crippen molar-refractivity contribution in [2.24, 2.45) is 0 Å². The van der Waals surface area contributed by atoms with Crippen LogP contribution in [0.15, 0.2) is 78.5 Å². The molecule has 0 radical (unpaired) electrons. The summed E-state index contributed by atoms with van der Waals surface area (Å²) in [5.41, 5.74) is 2.10. The number of carbonyl (C=O) groups excluding carboxylic acids is 2. The van der Waals surface area contributed by atoms with Gasteiger partial charge in [-0.25, -0.2) is 0 Å². The molecule has 0 spiro atoms. The SMILES string of the molecule is COc1ccc2[nH]cc(CCN3C(=O)C(=O)/C(=C(\O)c4ccc(Cl)cc4)C3c3cccc([N+](=O)[O-])c3)c2c1. The van der Waals surface area contributed by atoms with E-state index in [2.05, 4.69) is 4.98 Å². The molecule has 0 aliphatic carbocycles. The minimum absolute atomic E-state index is 0.124. The van der Waals surface area contributed by atoms with Crippen molar-refractivity contribution in [3.8, 4) is 5.75 Å². The van der Waals surface area contributed by atoms with Crippen LogP contribution in [0.4, 0.5) is 5.69 Å². The Bertz CT molecular complexity index is 1610. The van der Waals surface area contributed by atoms with E-state index in [1.807, 2.05) is 24.4 Å². The number of benzene rings is 3. The Morgan fingerprint density at radius 1 is 1.13 bits per heavy atom. The van der Waals surface area contributed by atoms with Gasteiger partial charge in [0.1, 0.15) is 11.5 Å². The topological polar surface area (TPSA) is 126 Å². The van der Waals surface area contributed by atoms with Crippen molar-refractivity contribution in [2.45, 2.75) is 12.5 Å². The van der Waals surface area contributed by atoms with Gasteiger partial charge in [-0.2, -0.15) is 0 Å². The lowest BCUT2D eigenvalue weighted by molar-refractivity contribution is -0.384. The lowest BCUT2D eigenvalue weighted by Crippen LogP contribution is -2.31. The van der Waals surface area contributed by atoms with Gasteiger partial charge in [0.2, 0.25) is 0 Å². The molecule has 5 rings (SSSR count). The summed E-state index contributed by atoms with van der Waals surface area (Å²) in [6.07, 6.45) is 2.21. The van der Waals surface area contributed by atoms with E-state index in [0.717, 1.165) is 16.5 Å². The number of H-pyrrole nitrogens is 1. The molecule has 2 N–H and O–H groups in total. The van der Waals surface area contributed by atoms with E-state index >= 15 is 0 Å². The summed E-state index contributed by atoms with van der Waals surface area (Å²) in [6, 6.07) is 16.5. The summed E-state index contributed by atoms with van der Waals surface area (Å²) < 4.78 is 5.33. The highest BCUT2D eigenvalue weighted by Crippen LogP contribution is 2.40. The second kappa shape index (κ2) is 10.0. The number of hydrogen-bond acceptors (Lipinski definition) is 6. The number of amides is 1. The second-order valence-corrected chi connectivity index (χ2v) is 9.26. The molecule has 3 aromatic carbocycles. The van der Waals surface area contributed by atoms with E-state index < -0.39 is 22.7 Å². The van der Waals surface area contributed by atoms with Crippen LogP contribution in [0.5, 0.6) is 5.75 Å². The lowest BCUT2D eigenvalue weighted by atomic mass is 9.95. The maximum atomic E-state index is 13.3. The molecule has 2 heterocycles. The smallest absolute Gasteiger partial charge is 0.295 e. The number of aliphatic hydroxyl groups is 1. The molecular weight excluding hydrogens is 510 g/mol. The number of methoxy groups -OCH3 is 1. The van der Waals surface area contributed by atoms with Gasteiger partial charge in [-0.1, -0.05) is 23.7 Å². The summed E-state index contributed by atoms with van der Waals surface area (Å²) >= 11 is 5.97. The number of aliphatic hydroxyl groups excluding tert-OH is 1. The molecule has 9 nitrogen and oxygen atoms in total. The summed E-state index contributed by atoms with van der Waals surface area (Å²) in [6.45, 7) is 0.124. The third-order valence-corrected chi connectivity index (χ3v) is 6.90. The van der Waals surface area contributed by atoms with E-state index in [1.165, 1.54) is 35.2 Å². The van der Waals surface area contributed by atoms with Crippen LogP contribution in [0.25, 0.3) is 16.7 Å². The van der Waals surface area contributed by atoms with Gasteiger partial charge < -0.3 is 19.7 Å². The fourth-order valence-electron chi connectivity index (χ4n) is 4.76. The predicted octanol–water partition coefficient (Wildman–Crippen LogP) is 5.40. The molecule has 1 aliphatic heterocycles. The van der Waals surface area contributed by atoms with Crippen LogP contribution >= 0.6 is 11.6 Å². The molecule has 1 aromatic heterocycles. The lowest BCUT2D eigenvalue weighted by Gasteiger charge is -2.25. The van der Waals surface area contributed by atoms with Crippen molar-refractivity contribution in [2.75, 3.05) is 13.7 Å². The zero-order valence-electron chi connectivity index (χ0n) is 20.2. The van der Waals surface area contributed by atoms with Gasteiger partial charge in [-0.3, -0.25) is 19.7 Å². The summed E-state index contributed by atoms with van der Waals surface area (Å²) in [4.78, 5) is 42.0. The number of non-ortho nitro benzene ring substituents is 1. The zero-order valence-corrected chi connectivity index (χ0v) is 20.9. The Morgan fingerprint density at radius 2 is 1.89 bits per heavy atom. The molecule has 4 aromatic rings. The molecule has 10 heteroatoms. The highest BCUT2D eigenvalue weighted by molar-refractivity contribution is 6.46. The van der Waals surface area contributed by atoms with Gasteiger partial charge >= 0.3 is 0 Å². The fraction of sp³-hybridized carbons (Fsp3) is 0.143. The van der Waals surface area contributed by atoms with Gasteiger partial charge in [0.05, 0.1) is 23.6 Å². The van der Waals surface area contributed by atoms with Crippen LogP contribution in [0.1, 0.15) is 22.7 Å². The van der Waals surface area contributed by atoms with E-state index in [0.29, 0.717) is 28.3 Å². The Kier molecular flexibility index (Phi) is 6.61. The number of rotatable bonds is 7. The largest absolute Gasteiger partial charge is 0.507 e. The highest BCUT2D eigenvalue weighted by Gasteiger charge is 2.46. The van der Waals surface area contributed by atoms with Crippen LogP contribution in [-0.4, -0.2) is 45.3 Å². The van der Waals surface area contributed by atoms with E-state index in [4.69, 9.17) is 16.3 Å². The summed E-state index contributed by atoms with van der Waals surface area (Å²) in [5, 5.41) is 24.0. The predicted molar refractivity (Wildman–Crippen MR) is 142 cm³/mol. The standard InChI is InChI=1S/C28H22ClN3O6/c1-38-21-9-10-23-22(14-21)18(15-30-23)11-12-31-25(17-3-2-4-20(13-17)32(36)37)24(27(34)28(31)35)26(33)16-5-7-19(29)8-6-16/h2-10,13-15,25,30,33H,11-12H2,1H3/b26-24-. The highest BCUT2D eigenvalue weighted by atomic mass is 35.5. The number of nitro benzene ring substituents is 1. The number of Topliss-reactive ketones (excluding diaryl/α,β-unsaturated/α-hetero) is 1. The average Bonchev–Trinajstić information content (AvgIpc) is 3.44. The van der Waals surface area contributed by atoms with Gasteiger partial charge in [0.15, 0.2) is 0 Å².